The van der Waals surface area contributed by atoms with Gasteiger partial charge < -0.3 is 4.90 Å². The monoisotopic (exact) mass is 1140 g/mol. The van der Waals surface area contributed by atoms with Crippen molar-refractivity contribution < 1.29 is 0 Å². The zero-order valence-electron chi connectivity index (χ0n) is 54.5. The molecule has 0 saturated heterocycles. The van der Waals surface area contributed by atoms with Crippen molar-refractivity contribution in [2.75, 3.05) is 4.90 Å². The van der Waals surface area contributed by atoms with Crippen molar-refractivity contribution in [3.8, 4) is 11.1 Å². The molecule has 86 heavy (non-hydrogen) atoms. The Morgan fingerprint density at radius 3 is 1.15 bits per heavy atom. The van der Waals surface area contributed by atoms with Gasteiger partial charge in [-0.1, -0.05) is 296 Å². The summed E-state index contributed by atoms with van der Waals surface area (Å²) in [5, 5.41) is 4.48. The van der Waals surface area contributed by atoms with Crippen LogP contribution in [0, 0.1) is 0 Å². The maximum atomic E-state index is 2.62. The average molecular weight is 1140 g/mol. The van der Waals surface area contributed by atoms with Crippen LogP contribution < -0.4 is 48.1 Å². The molecule has 9 aromatic carbocycles. The van der Waals surface area contributed by atoms with Gasteiger partial charge >= 0.3 is 0 Å². The quantitative estimate of drug-likeness (QED) is 0.0870. The first kappa shape index (κ1) is 59.0. The summed E-state index contributed by atoms with van der Waals surface area (Å²) in [7, 11) is -1.35. The van der Waals surface area contributed by atoms with Gasteiger partial charge in [-0.15, -0.1) is 0 Å². The fourth-order valence-electron chi connectivity index (χ4n) is 15.5. The molecule has 0 aliphatic carbocycles. The molecule has 0 atom stereocenters. The third-order valence-electron chi connectivity index (χ3n) is 20.3. The lowest BCUT2D eigenvalue weighted by molar-refractivity contribution is 0.736. The topological polar surface area (TPSA) is 3.24 Å². The number of nitrogens with zero attached hydrogens (tertiary/aromatic N) is 1. The Morgan fingerprint density at radius 1 is 0.360 bits per heavy atom. The van der Waals surface area contributed by atoms with Crippen LogP contribution in [0.3, 0.4) is 0 Å². The lowest BCUT2D eigenvalue weighted by Gasteiger charge is -2.50. The van der Waals surface area contributed by atoms with E-state index in [4.69, 9.17) is 0 Å². The van der Waals surface area contributed by atoms with Crippen LogP contribution in [0.1, 0.15) is 209 Å². The fraction of sp³-hybridized carbons (Fsp3) is 0.293. The van der Waals surface area contributed by atoms with Gasteiger partial charge in [-0.25, -0.2) is 0 Å². The summed E-state index contributed by atoms with van der Waals surface area (Å²) >= 11 is 0. The highest BCUT2D eigenvalue weighted by molar-refractivity contribution is 7.11. The van der Waals surface area contributed by atoms with E-state index in [1.807, 2.05) is 0 Å². The van der Waals surface area contributed by atoms with E-state index < -0.39 is 14.2 Å². The second-order valence-corrected chi connectivity index (χ2v) is 30.1. The van der Waals surface area contributed by atoms with Crippen LogP contribution in [0.5, 0.6) is 0 Å². The van der Waals surface area contributed by atoms with Crippen molar-refractivity contribution in [2.45, 2.75) is 159 Å². The zero-order chi connectivity index (χ0) is 60.8. The molecule has 0 saturated carbocycles. The van der Waals surface area contributed by atoms with Crippen molar-refractivity contribution in [2.24, 2.45) is 0 Å². The largest absolute Gasteiger partial charge is 0.310 e. The highest BCUT2D eigenvalue weighted by Crippen LogP contribution is 2.58. The molecule has 0 aromatic heterocycles. The SMILES string of the molecule is CC(C)=C(C)/C(C)=C(/C)[Si]1c2ccccc2C2(c3ccccc3N(c3ccc(-c4ccc5c(c4)B(c4c(C(C)C)cc(C(C)C)cc4C(C)C)c4ccccc4B5c4c(C(C)C)cc(C(C)C)cc4C(C)C)cc3)c3ccccc32)c2ccccc21. The Balaban J connectivity index is 1.05. The minimum absolute atomic E-state index is 0.0547. The van der Waals surface area contributed by atoms with Gasteiger partial charge in [-0.3, -0.25) is 0 Å². The molecule has 0 unspecified atom stereocenters. The molecule has 3 aliphatic heterocycles. The van der Waals surface area contributed by atoms with Crippen molar-refractivity contribution in [1.29, 1.82) is 0 Å². The van der Waals surface area contributed by atoms with Crippen LogP contribution in [0.4, 0.5) is 17.1 Å². The van der Waals surface area contributed by atoms with Gasteiger partial charge in [0.15, 0.2) is 8.80 Å². The minimum Gasteiger partial charge on any atom is -0.310 e. The molecule has 12 rings (SSSR count). The van der Waals surface area contributed by atoms with Gasteiger partial charge in [0.2, 0.25) is 13.4 Å². The highest BCUT2D eigenvalue weighted by atomic mass is 28.3. The van der Waals surface area contributed by atoms with Crippen LogP contribution >= 0.6 is 0 Å². The first-order valence-electron chi connectivity index (χ1n) is 32.3. The van der Waals surface area contributed by atoms with Crippen molar-refractivity contribution in [1.82, 2.24) is 0 Å². The number of benzene rings is 9. The van der Waals surface area contributed by atoms with E-state index in [2.05, 4.69) is 311 Å². The predicted molar refractivity (Wildman–Crippen MR) is 379 cm³/mol. The molecule has 0 bridgehead atoms. The number of hydrogen-bond donors (Lipinski definition) is 0. The molecule has 1 radical (unpaired) electrons. The third kappa shape index (κ3) is 9.51. The molecule has 9 aromatic rings. The Bertz CT molecular complexity index is 4010. The summed E-state index contributed by atoms with van der Waals surface area (Å²) < 4.78 is 0. The van der Waals surface area contributed by atoms with Gasteiger partial charge in [0.25, 0.3) is 0 Å². The maximum Gasteiger partial charge on any atom is 0.240 e. The Morgan fingerprint density at radius 2 is 0.733 bits per heavy atom. The van der Waals surface area contributed by atoms with Crippen LogP contribution in [-0.2, 0) is 5.41 Å². The standard InChI is InChI=1S/C82H88B2NSi/c1-49(2)56(15)57(16)58(17)86-78-36-26-20-30-70(78)82(71-31-21-27-37-79(71)86)68-28-18-24-34-76(68)85(77-35-25-19-29-69(77)82)63-41-38-59(39-42-63)60-40-43-74-75(48-60)84(81-66(54(11)12)46-62(51(5)6)47-67(81)55(13)14)73-33-23-22-32-72(73)83(74)80-64(52(7)8)44-61(50(3)4)45-65(80)53(9)10/h18-48,50-55H,1-17H3/b58-57-. The smallest absolute Gasteiger partial charge is 0.240 e. The Labute approximate surface area is 519 Å². The van der Waals surface area contributed by atoms with E-state index in [0.717, 1.165) is 5.69 Å². The number of anilines is 3. The minimum atomic E-state index is -1.35. The first-order valence-corrected chi connectivity index (χ1v) is 33.8. The maximum absolute atomic E-state index is 2.62. The molecule has 3 aliphatic rings. The summed E-state index contributed by atoms with van der Waals surface area (Å²) in [5.41, 5.74) is 32.8. The number of fused-ring (bicyclic) bond motifs is 10. The van der Waals surface area contributed by atoms with Crippen molar-refractivity contribution in [3.63, 3.8) is 0 Å². The zero-order valence-corrected chi connectivity index (χ0v) is 55.5. The van der Waals surface area contributed by atoms with E-state index in [9.17, 15) is 0 Å². The molecule has 0 fully saturated rings. The molecular weight excluding hydrogens is 1050 g/mol. The fourth-order valence-corrected chi connectivity index (χ4v) is 18.7. The predicted octanol–water partition coefficient (Wildman–Crippen LogP) is 16.8. The van der Waals surface area contributed by atoms with Crippen molar-refractivity contribution in [3.05, 3.63) is 266 Å². The Kier molecular flexibility index (Phi) is 15.8. The van der Waals surface area contributed by atoms with Crippen LogP contribution in [-0.4, -0.2) is 22.2 Å². The lowest BCUT2D eigenvalue weighted by Crippen LogP contribution is -2.76. The summed E-state index contributed by atoms with van der Waals surface area (Å²) in [6.45, 7) is 40.5. The number of allylic oxidation sites excluding steroid dienone is 4. The van der Waals surface area contributed by atoms with E-state index in [1.54, 1.807) is 0 Å². The van der Waals surface area contributed by atoms with Crippen LogP contribution in [0.2, 0.25) is 0 Å². The molecule has 1 spiro atoms. The normalized spacial score (nSPS) is 14.4. The van der Waals surface area contributed by atoms with Gasteiger partial charge in [0.05, 0.1) is 16.8 Å². The molecule has 0 amide bonds. The van der Waals surface area contributed by atoms with Gasteiger partial charge in [0, 0.05) is 5.69 Å². The van der Waals surface area contributed by atoms with Crippen LogP contribution in [0.15, 0.2) is 210 Å². The van der Waals surface area contributed by atoms with E-state index in [-0.39, 0.29) is 13.4 Å². The van der Waals surface area contributed by atoms with Crippen LogP contribution in [0.25, 0.3) is 11.1 Å². The first-order chi connectivity index (χ1) is 41.3. The molecule has 0 N–H and O–H groups in total. The van der Waals surface area contributed by atoms with E-state index in [1.165, 1.54) is 143 Å². The van der Waals surface area contributed by atoms with Crippen molar-refractivity contribution >= 4 is 82.4 Å². The summed E-state index contributed by atoms with van der Waals surface area (Å²) in [6.07, 6.45) is 0. The van der Waals surface area contributed by atoms with Gasteiger partial charge in [-0.2, -0.15) is 0 Å². The second-order valence-electron chi connectivity index (χ2n) is 27.5. The molecule has 1 nitrogen and oxygen atoms in total. The molecule has 3 heterocycles. The lowest BCUT2D eigenvalue weighted by atomic mass is 9.20. The third-order valence-corrected chi connectivity index (χ3v) is 23.3. The van der Waals surface area contributed by atoms with Gasteiger partial charge in [0.1, 0.15) is 0 Å². The average Bonchev–Trinajstić information content (AvgIpc) is 0.689. The second kappa shape index (κ2) is 23.0. The summed E-state index contributed by atoms with van der Waals surface area (Å²) in [5.74, 6) is 2.30. The highest BCUT2D eigenvalue weighted by Gasteiger charge is 2.52. The molecule has 431 valence electrons. The van der Waals surface area contributed by atoms with E-state index in [0.29, 0.717) is 35.5 Å². The number of rotatable bonds is 12. The molecular formula is C82H88B2NSi. The number of para-hydroxylation sites is 2. The van der Waals surface area contributed by atoms with Gasteiger partial charge in [-0.05, 0) is 177 Å². The number of hydrogen-bond acceptors (Lipinski definition) is 1. The molecule has 4 heteroatoms. The Hall–Kier alpha value is -7.39. The van der Waals surface area contributed by atoms with E-state index >= 15 is 0 Å². The summed E-state index contributed by atoms with van der Waals surface area (Å²) in [6, 6.07) is 74.6. The summed E-state index contributed by atoms with van der Waals surface area (Å²) in [4.78, 5) is 2.55.